The van der Waals surface area contributed by atoms with Crippen molar-refractivity contribution in [2.24, 2.45) is 0 Å². The summed E-state index contributed by atoms with van der Waals surface area (Å²) in [7, 11) is 0. The highest BCUT2D eigenvalue weighted by Crippen LogP contribution is 2.22. The first kappa shape index (κ1) is 11.1. The molecule has 0 saturated heterocycles. The maximum absolute atomic E-state index is 11.0. The molecule has 2 aromatic rings. The van der Waals surface area contributed by atoms with Crippen molar-refractivity contribution in [1.82, 2.24) is 9.38 Å². The van der Waals surface area contributed by atoms with Crippen molar-refractivity contribution >= 4 is 27.4 Å². The Bertz CT molecular complexity index is 560. The van der Waals surface area contributed by atoms with Crippen molar-refractivity contribution in [3.05, 3.63) is 34.3 Å². The highest BCUT2D eigenvalue weighted by Gasteiger charge is 2.18. The summed E-state index contributed by atoms with van der Waals surface area (Å²) in [5, 5.41) is 9.06. The number of carboxylic acids is 1. The van der Waals surface area contributed by atoms with Gasteiger partial charge in [0, 0.05) is 16.6 Å². The van der Waals surface area contributed by atoms with Gasteiger partial charge in [-0.2, -0.15) is 0 Å². The molecule has 0 atom stereocenters. The van der Waals surface area contributed by atoms with Crippen LogP contribution in [0.5, 0.6) is 0 Å². The van der Waals surface area contributed by atoms with Gasteiger partial charge in [-0.1, -0.05) is 13.8 Å². The summed E-state index contributed by atoms with van der Waals surface area (Å²) in [6.07, 6.45) is 1.84. The molecule has 0 saturated carbocycles. The molecule has 4 nitrogen and oxygen atoms in total. The summed E-state index contributed by atoms with van der Waals surface area (Å²) in [5.74, 6) is -0.0599. The highest BCUT2D eigenvalue weighted by molar-refractivity contribution is 9.10. The first-order chi connectivity index (χ1) is 7.50. The first-order valence-electron chi connectivity index (χ1n) is 4.91. The van der Waals surface area contributed by atoms with E-state index in [0.29, 0.717) is 5.52 Å². The van der Waals surface area contributed by atoms with Crippen LogP contribution in [0.15, 0.2) is 22.8 Å². The molecule has 0 radical (unpaired) electrons. The van der Waals surface area contributed by atoms with Crippen LogP contribution in [0.1, 0.15) is 36.1 Å². The molecule has 0 bridgehead atoms. The zero-order valence-corrected chi connectivity index (χ0v) is 10.5. The number of hydrogen-bond acceptors (Lipinski definition) is 2. The van der Waals surface area contributed by atoms with Crippen LogP contribution in [0, 0.1) is 0 Å². The van der Waals surface area contributed by atoms with Crippen molar-refractivity contribution in [3.63, 3.8) is 0 Å². The van der Waals surface area contributed by atoms with Gasteiger partial charge in [0.25, 0.3) is 0 Å². The second kappa shape index (κ2) is 3.90. The summed E-state index contributed by atoms with van der Waals surface area (Å²) in [6, 6.07) is 3.57. The van der Waals surface area contributed by atoms with Crippen LogP contribution in [0.25, 0.3) is 5.52 Å². The Labute approximate surface area is 101 Å². The van der Waals surface area contributed by atoms with Gasteiger partial charge in [0.2, 0.25) is 0 Å². The molecule has 0 aliphatic rings. The zero-order chi connectivity index (χ0) is 11.9. The van der Waals surface area contributed by atoms with Crippen molar-refractivity contribution < 1.29 is 9.90 Å². The number of fused-ring (bicyclic) bond motifs is 1. The third-order valence-electron chi connectivity index (χ3n) is 2.35. The first-order valence-corrected chi connectivity index (χ1v) is 5.71. The van der Waals surface area contributed by atoms with E-state index in [4.69, 9.17) is 5.11 Å². The number of pyridine rings is 1. The molecule has 0 unspecified atom stereocenters. The van der Waals surface area contributed by atoms with Crippen LogP contribution < -0.4 is 0 Å². The Hall–Kier alpha value is -1.36. The molecule has 2 rings (SSSR count). The van der Waals surface area contributed by atoms with E-state index in [9.17, 15) is 4.79 Å². The summed E-state index contributed by atoms with van der Waals surface area (Å²) < 4.78 is 2.72. The topological polar surface area (TPSA) is 54.6 Å². The van der Waals surface area contributed by atoms with E-state index in [2.05, 4.69) is 20.9 Å². The molecule has 0 aromatic carbocycles. The lowest BCUT2D eigenvalue weighted by Gasteiger charge is -2.03. The second-order valence-electron chi connectivity index (χ2n) is 3.88. The number of halogens is 1. The van der Waals surface area contributed by atoms with Gasteiger partial charge in [-0.15, -0.1) is 0 Å². The lowest BCUT2D eigenvalue weighted by molar-refractivity contribution is 0.0693. The van der Waals surface area contributed by atoms with E-state index >= 15 is 0 Å². The minimum atomic E-state index is -0.994. The Morgan fingerprint density at radius 3 is 2.75 bits per heavy atom. The fraction of sp³-hybridized carbons (Fsp3) is 0.273. The number of carbonyl (C=O) groups is 1. The van der Waals surface area contributed by atoms with Crippen molar-refractivity contribution in [1.29, 1.82) is 0 Å². The fourth-order valence-electron chi connectivity index (χ4n) is 1.65. The van der Waals surface area contributed by atoms with Crippen LogP contribution in [-0.4, -0.2) is 20.5 Å². The van der Waals surface area contributed by atoms with Gasteiger partial charge in [0.15, 0.2) is 5.69 Å². The van der Waals surface area contributed by atoms with Crippen molar-refractivity contribution in [2.75, 3.05) is 0 Å². The van der Waals surface area contributed by atoms with Crippen LogP contribution in [0.4, 0.5) is 0 Å². The minimum Gasteiger partial charge on any atom is -0.476 e. The van der Waals surface area contributed by atoms with Gasteiger partial charge in [0.05, 0.1) is 5.52 Å². The number of rotatable bonds is 2. The molecule has 2 aromatic heterocycles. The van der Waals surface area contributed by atoms with Gasteiger partial charge in [-0.3, -0.25) is 0 Å². The van der Waals surface area contributed by atoms with E-state index in [0.717, 1.165) is 10.3 Å². The minimum absolute atomic E-state index is 0.108. The van der Waals surface area contributed by atoms with Crippen molar-refractivity contribution in [3.8, 4) is 0 Å². The van der Waals surface area contributed by atoms with Gasteiger partial charge < -0.3 is 9.51 Å². The van der Waals surface area contributed by atoms with E-state index < -0.39 is 5.97 Å². The van der Waals surface area contributed by atoms with E-state index in [1.165, 1.54) is 0 Å². The lowest BCUT2D eigenvalue weighted by Crippen LogP contribution is -1.97. The predicted octanol–water partition coefficient (Wildman–Crippen LogP) is 2.92. The second-order valence-corrected chi connectivity index (χ2v) is 4.80. The summed E-state index contributed by atoms with van der Waals surface area (Å²) in [4.78, 5) is 15.2. The molecular formula is C11H11BrN2O2. The van der Waals surface area contributed by atoms with E-state index in [-0.39, 0.29) is 11.6 Å². The van der Waals surface area contributed by atoms with Gasteiger partial charge >= 0.3 is 5.97 Å². The SMILES string of the molecule is CC(C)c1nc(C(=O)O)c2ccc(Br)cn12. The number of imidazole rings is 1. The molecule has 0 aliphatic carbocycles. The van der Waals surface area contributed by atoms with Crippen LogP contribution in [-0.2, 0) is 0 Å². The number of aromatic nitrogens is 2. The number of hydrogen-bond donors (Lipinski definition) is 1. The molecule has 0 spiro atoms. The van der Waals surface area contributed by atoms with Crippen LogP contribution >= 0.6 is 15.9 Å². The number of carboxylic acid groups (broad SMARTS) is 1. The molecule has 16 heavy (non-hydrogen) atoms. The molecule has 1 N–H and O–H groups in total. The normalized spacial score (nSPS) is 11.2. The molecule has 84 valence electrons. The standard InChI is InChI=1S/C11H11BrN2O2/c1-6(2)10-13-9(11(15)16)8-4-3-7(12)5-14(8)10/h3-6H,1-2H3,(H,15,16). The van der Waals surface area contributed by atoms with Gasteiger partial charge in [-0.05, 0) is 28.1 Å². The summed E-state index contributed by atoms with van der Waals surface area (Å²) in [5.41, 5.74) is 0.732. The number of aromatic carboxylic acids is 1. The average Bonchev–Trinajstić information content (AvgIpc) is 2.56. The zero-order valence-electron chi connectivity index (χ0n) is 8.94. The van der Waals surface area contributed by atoms with Crippen LogP contribution in [0.3, 0.4) is 0 Å². The molecule has 2 heterocycles. The Kier molecular flexibility index (Phi) is 2.71. The van der Waals surface area contributed by atoms with Gasteiger partial charge in [-0.25, -0.2) is 9.78 Å². The molecular weight excluding hydrogens is 272 g/mol. The Balaban J connectivity index is 2.81. The largest absolute Gasteiger partial charge is 0.476 e. The molecule has 0 fully saturated rings. The molecule has 5 heteroatoms. The number of nitrogens with zero attached hydrogens (tertiary/aromatic N) is 2. The Morgan fingerprint density at radius 1 is 1.50 bits per heavy atom. The molecule has 0 amide bonds. The van der Waals surface area contributed by atoms with E-state index in [1.54, 1.807) is 6.07 Å². The van der Waals surface area contributed by atoms with Crippen molar-refractivity contribution in [2.45, 2.75) is 19.8 Å². The monoisotopic (exact) mass is 282 g/mol. The fourth-order valence-corrected chi connectivity index (χ4v) is 1.98. The lowest BCUT2D eigenvalue weighted by atomic mass is 10.2. The third-order valence-corrected chi connectivity index (χ3v) is 2.82. The third kappa shape index (κ3) is 1.71. The quantitative estimate of drug-likeness (QED) is 0.922. The highest BCUT2D eigenvalue weighted by atomic mass is 79.9. The summed E-state index contributed by atoms with van der Waals surface area (Å²) in [6.45, 7) is 3.97. The maximum Gasteiger partial charge on any atom is 0.356 e. The Morgan fingerprint density at radius 2 is 2.19 bits per heavy atom. The maximum atomic E-state index is 11.0. The van der Waals surface area contributed by atoms with E-state index in [1.807, 2.05) is 30.5 Å². The molecule has 0 aliphatic heterocycles. The van der Waals surface area contributed by atoms with Gasteiger partial charge in [0.1, 0.15) is 5.82 Å². The van der Waals surface area contributed by atoms with Crippen LogP contribution in [0.2, 0.25) is 0 Å². The average molecular weight is 283 g/mol. The smallest absolute Gasteiger partial charge is 0.356 e. The summed E-state index contributed by atoms with van der Waals surface area (Å²) >= 11 is 3.37. The predicted molar refractivity (Wildman–Crippen MR) is 63.9 cm³/mol.